The topological polar surface area (TPSA) is 126 Å². The van der Waals surface area contributed by atoms with E-state index >= 15 is 0 Å². The van der Waals surface area contributed by atoms with Crippen molar-refractivity contribution in [1.82, 2.24) is 16.3 Å². The molecule has 9 nitrogen and oxygen atoms in total. The lowest BCUT2D eigenvalue weighted by Gasteiger charge is -2.13. The lowest BCUT2D eigenvalue weighted by Crippen LogP contribution is -2.41. The number of hydrogen-bond donors (Lipinski definition) is 3. The Morgan fingerprint density at radius 3 is 2.47 bits per heavy atom. The normalized spacial score (nSPS) is 14.0. The van der Waals surface area contributed by atoms with E-state index in [0.29, 0.717) is 41.0 Å². The van der Waals surface area contributed by atoms with Gasteiger partial charge in [-0.25, -0.2) is 5.43 Å². The highest BCUT2D eigenvalue weighted by molar-refractivity contribution is 9.10. The lowest BCUT2D eigenvalue weighted by atomic mass is 9.93. The van der Waals surface area contributed by atoms with Crippen LogP contribution in [0.15, 0.2) is 61.1 Å². The van der Waals surface area contributed by atoms with Gasteiger partial charge in [0, 0.05) is 27.6 Å². The van der Waals surface area contributed by atoms with Crippen molar-refractivity contribution in [3.05, 3.63) is 81.1 Å². The standard InChI is InChI=1S/C22H19BrN4O5/c1-12-18-15(24-26-21(29)17-6-3-11-31-17)4-2-5-16(18)32-19(12)22(30)27-25-20(28)13-7-9-14(23)10-8-13/h3,6-11H,2,4-5H2,1H3,(H,25,28)(H,26,29)(H,27,30)/b24-15+. The molecule has 0 saturated carbocycles. The highest BCUT2D eigenvalue weighted by atomic mass is 79.9. The molecule has 0 fully saturated rings. The minimum atomic E-state index is -0.582. The van der Waals surface area contributed by atoms with Crippen molar-refractivity contribution in [2.24, 2.45) is 5.10 Å². The maximum atomic E-state index is 12.7. The molecule has 1 aromatic carbocycles. The Morgan fingerprint density at radius 2 is 1.75 bits per heavy atom. The third kappa shape index (κ3) is 4.50. The Morgan fingerprint density at radius 1 is 1.00 bits per heavy atom. The zero-order valence-electron chi connectivity index (χ0n) is 17.0. The van der Waals surface area contributed by atoms with Crippen LogP contribution in [-0.2, 0) is 6.42 Å². The van der Waals surface area contributed by atoms with Gasteiger partial charge in [-0.15, -0.1) is 0 Å². The first-order chi connectivity index (χ1) is 15.4. The molecule has 32 heavy (non-hydrogen) atoms. The van der Waals surface area contributed by atoms with E-state index in [1.54, 1.807) is 37.3 Å². The number of amides is 3. The third-order valence-corrected chi connectivity index (χ3v) is 5.49. The first kappa shape index (κ1) is 21.6. The average molecular weight is 499 g/mol. The van der Waals surface area contributed by atoms with Gasteiger partial charge in [-0.1, -0.05) is 15.9 Å². The van der Waals surface area contributed by atoms with E-state index in [-0.39, 0.29) is 11.5 Å². The molecule has 0 unspecified atom stereocenters. The number of rotatable bonds is 4. The van der Waals surface area contributed by atoms with E-state index < -0.39 is 17.7 Å². The minimum Gasteiger partial charge on any atom is -0.459 e. The van der Waals surface area contributed by atoms with Crippen molar-refractivity contribution in [3.63, 3.8) is 0 Å². The van der Waals surface area contributed by atoms with Crippen LogP contribution in [0.4, 0.5) is 0 Å². The molecule has 1 aliphatic rings. The maximum absolute atomic E-state index is 12.7. The SMILES string of the molecule is Cc1c(C(=O)NNC(=O)c2ccc(Br)cc2)oc2c1/C(=N/NC(=O)c1ccco1)CCC2. The Bertz CT molecular complexity index is 1200. The van der Waals surface area contributed by atoms with Crippen LogP contribution in [-0.4, -0.2) is 23.4 Å². The Balaban J connectivity index is 1.47. The van der Waals surface area contributed by atoms with Gasteiger partial charge in [0.15, 0.2) is 11.5 Å². The van der Waals surface area contributed by atoms with Crippen LogP contribution in [0.2, 0.25) is 0 Å². The van der Waals surface area contributed by atoms with E-state index in [2.05, 4.69) is 37.3 Å². The summed E-state index contributed by atoms with van der Waals surface area (Å²) in [7, 11) is 0. The fourth-order valence-corrected chi connectivity index (χ4v) is 3.69. The molecular formula is C22H19BrN4O5. The number of fused-ring (bicyclic) bond motifs is 1. The fraction of sp³-hybridized carbons (Fsp3) is 0.182. The van der Waals surface area contributed by atoms with Gasteiger partial charge in [-0.05, 0) is 56.2 Å². The number of nitrogens with zero attached hydrogens (tertiary/aromatic N) is 1. The van der Waals surface area contributed by atoms with Crippen LogP contribution in [0, 0.1) is 6.92 Å². The molecule has 0 spiro atoms. The monoisotopic (exact) mass is 498 g/mol. The predicted molar refractivity (Wildman–Crippen MR) is 118 cm³/mol. The smallest absolute Gasteiger partial charge is 0.307 e. The molecule has 10 heteroatoms. The number of benzene rings is 1. The van der Waals surface area contributed by atoms with Crippen molar-refractivity contribution >= 4 is 39.4 Å². The molecule has 3 N–H and O–H groups in total. The summed E-state index contributed by atoms with van der Waals surface area (Å²) >= 11 is 3.31. The summed E-state index contributed by atoms with van der Waals surface area (Å²) in [6.07, 6.45) is 3.42. The van der Waals surface area contributed by atoms with Crippen molar-refractivity contribution < 1.29 is 23.2 Å². The van der Waals surface area contributed by atoms with Crippen molar-refractivity contribution in [2.75, 3.05) is 0 Å². The average Bonchev–Trinajstić information content (AvgIpc) is 3.45. The fourth-order valence-electron chi connectivity index (χ4n) is 3.42. The molecular weight excluding hydrogens is 480 g/mol. The van der Waals surface area contributed by atoms with Crippen LogP contribution in [0.5, 0.6) is 0 Å². The molecule has 0 saturated heterocycles. The second kappa shape index (κ2) is 9.23. The number of aryl methyl sites for hydroxylation is 1. The second-order valence-electron chi connectivity index (χ2n) is 7.10. The summed E-state index contributed by atoms with van der Waals surface area (Å²) in [5.74, 6) is -0.661. The van der Waals surface area contributed by atoms with Gasteiger partial charge >= 0.3 is 11.8 Å². The molecule has 1 aliphatic carbocycles. The van der Waals surface area contributed by atoms with Crippen molar-refractivity contribution in [1.29, 1.82) is 0 Å². The second-order valence-corrected chi connectivity index (χ2v) is 8.02. The molecule has 3 amide bonds. The van der Waals surface area contributed by atoms with Crippen LogP contribution in [0.25, 0.3) is 0 Å². The van der Waals surface area contributed by atoms with Crippen molar-refractivity contribution in [2.45, 2.75) is 26.2 Å². The van der Waals surface area contributed by atoms with Gasteiger partial charge in [0.25, 0.3) is 5.91 Å². The molecule has 2 heterocycles. The molecule has 0 atom stereocenters. The van der Waals surface area contributed by atoms with E-state index in [1.165, 1.54) is 12.3 Å². The van der Waals surface area contributed by atoms with Crippen LogP contribution >= 0.6 is 15.9 Å². The summed E-state index contributed by atoms with van der Waals surface area (Å²) in [4.78, 5) is 37.0. The lowest BCUT2D eigenvalue weighted by molar-refractivity contribution is 0.0829. The number of hydrogen-bond acceptors (Lipinski definition) is 6. The zero-order valence-corrected chi connectivity index (χ0v) is 18.6. The molecule has 0 radical (unpaired) electrons. The summed E-state index contributed by atoms with van der Waals surface area (Å²) in [5.41, 5.74) is 9.52. The Labute approximate surface area is 191 Å². The first-order valence-corrected chi connectivity index (χ1v) is 10.6. The molecule has 2 aromatic heterocycles. The van der Waals surface area contributed by atoms with Gasteiger partial charge in [-0.2, -0.15) is 5.10 Å². The predicted octanol–water partition coefficient (Wildman–Crippen LogP) is 3.49. The Kier molecular flexibility index (Phi) is 6.22. The first-order valence-electron chi connectivity index (χ1n) is 9.83. The summed E-state index contributed by atoms with van der Waals surface area (Å²) in [6, 6.07) is 9.86. The summed E-state index contributed by atoms with van der Waals surface area (Å²) in [6.45, 7) is 1.74. The third-order valence-electron chi connectivity index (χ3n) is 4.97. The molecule has 0 bridgehead atoms. The molecule has 164 valence electrons. The largest absolute Gasteiger partial charge is 0.459 e. The number of nitrogens with one attached hydrogen (secondary N) is 3. The molecule has 3 aromatic rings. The highest BCUT2D eigenvalue weighted by Gasteiger charge is 2.28. The van der Waals surface area contributed by atoms with E-state index in [4.69, 9.17) is 8.83 Å². The Hall–Kier alpha value is -3.66. The van der Waals surface area contributed by atoms with Gasteiger partial charge in [0.2, 0.25) is 0 Å². The maximum Gasteiger partial charge on any atom is 0.307 e. The number of furan rings is 2. The highest BCUT2D eigenvalue weighted by Crippen LogP contribution is 2.29. The summed E-state index contributed by atoms with van der Waals surface area (Å²) < 4.78 is 11.7. The van der Waals surface area contributed by atoms with E-state index in [0.717, 1.165) is 10.9 Å². The summed E-state index contributed by atoms with van der Waals surface area (Å²) in [5, 5.41) is 4.23. The van der Waals surface area contributed by atoms with Gasteiger partial charge < -0.3 is 8.83 Å². The number of carbonyl (C=O) groups excluding carboxylic acids is 3. The van der Waals surface area contributed by atoms with Gasteiger partial charge in [0.1, 0.15) is 5.76 Å². The molecule has 0 aliphatic heterocycles. The van der Waals surface area contributed by atoms with Crippen molar-refractivity contribution in [3.8, 4) is 0 Å². The van der Waals surface area contributed by atoms with Crippen LogP contribution in [0.3, 0.4) is 0 Å². The number of carbonyl (C=O) groups is 3. The number of halogens is 1. The van der Waals surface area contributed by atoms with Gasteiger partial charge in [0.05, 0.1) is 12.0 Å². The van der Waals surface area contributed by atoms with Crippen LogP contribution < -0.4 is 16.3 Å². The number of hydrazine groups is 1. The van der Waals surface area contributed by atoms with Gasteiger partial charge in [-0.3, -0.25) is 25.2 Å². The van der Waals surface area contributed by atoms with E-state index in [9.17, 15) is 14.4 Å². The molecule has 4 rings (SSSR count). The van der Waals surface area contributed by atoms with E-state index in [1.807, 2.05) is 0 Å². The van der Waals surface area contributed by atoms with Crippen LogP contribution in [0.1, 0.15) is 61.2 Å². The zero-order chi connectivity index (χ0) is 22.7. The quantitative estimate of drug-likeness (QED) is 0.474. The minimum absolute atomic E-state index is 0.0815. The number of hydrazone groups is 1.